The number of likely N-dealkylation sites (N-methyl/N-ethyl adjacent to an activating group) is 1. The first-order valence-corrected chi connectivity index (χ1v) is 12.4. The van der Waals surface area contributed by atoms with Gasteiger partial charge < -0.3 is 9.80 Å². The van der Waals surface area contributed by atoms with Gasteiger partial charge in [0.1, 0.15) is 11.6 Å². The summed E-state index contributed by atoms with van der Waals surface area (Å²) in [5, 5.41) is 9.95. The Balaban J connectivity index is 1.23. The minimum Gasteiger partial charge on any atom is -0.354 e. The summed E-state index contributed by atoms with van der Waals surface area (Å²) >= 11 is 6.36. The molecule has 1 aliphatic carbocycles. The molecule has 6 rings (SSSR count). The van der Waals surface area contributed by atoms with Crippen LogP contribution in [-0.4, -0.2) is 74.2 Å². The molecule has 10 heteroatoms. The lowest BCUT2D eigenvalue weighted by atomic mass is 9.57. The quantitative estimate of drug-likeness (QED) is 0.553. The molecule has 1 spiro atoms. The van der Waals surface area contributed by atoms with Crippen LogP contribution in [-0.2, 0) is 17.9 Å². The Kier molecular flexibility index (Phi) is 5.30. The number of hydrogen-bond donors (Lipinski definition) is 0. The van der Waals surface area contributed by atoms with E-state index >= 15 is 0 Å². The molecule has 0 atom stereocenters. The highest BCUT2D eigenvalue weighted by Crippen LogP contribution is 2.56. The highest BCUT2D eigenvalue weighted by molar-refractivity contribution is 6.30. The maximum atomic E-state index is 12.4. The predicted molar refractivity (Wildman–Crippen MR) is 133 cm³/mol. The number of aromatic nitrogens is 5. The third-order valence-electron chi connectivity index (χ3n) is 7.50. The van der Waals surface area contributed by atoms with Gasteiger partial charge in [-0.05, 0) is 43.5 Å². The van der Waals surface area contributed by atoms with Crippen LogP contribution in [0.1, 0.15) is 41.7 Å². The molecule has 1 saturated carbocycles. The van der Waals surface area contributed by atoms with E-state index in [1.807, 2.05) is 25.3 Å². The molecule has 0 radical (unpaired) electrons. The Hall–Kier alpha value is -3.04. The lowest BCUT2D eigenvalue weighted by Gasteiger charge is -2.59. The van der Waals surface area contributed by atoms with E-state index in [4.69, 9.17) is 11.6 Å². The number of carbonyl (C=O) groups excluding carboxylic acids is 1. The van der Waals surface area contributed by atoms with E-state index in [1.54, 1.807) is 25.2 Å². The summed E-state index contributed by atoms with van der Waals surface area (Å²) in [7, 11) is 3.57. The average Bonchev–Trinajstić information content (AvgIpc) is 3.08. The van der Waals surface area contributed by atoms with Crippen molar-refractivity contribution in [3.8, 4) is 5.69 Å². The fraction of sp³-hybridized carbons (Fsp3) is 0.480. The molecule has 1 aromatic carbocycles. The normalized spacial score (nSPS) is 18.9. The summed E-state index contributed by atoms with van der Waals surface area (Å²) in [4.78, 5) is 27.4. The number of anilines is 1. The molecule has 3 aromatic rings. The Labute approximate surface area is 209 Å². The van der Waals surface area contributed by atoms with Crippen LogP contribution in [0.15, 0.2) is 30.6 Å². The first-order chi connectivity index (χ1) is 16.8. The molecule has 2 fully saturated rings. The first-order valence-electron chi connectivity index (χ1n) is 12.0. The van der Waals surface area contributed by atoms with Crippen LogP contribution >= 0.6 is 11.6 Å². The van der Waals surface area contributed by atoms with E-state index in [2.05, 4.69) is 40.6 Å². The van der Waals surface area contributed by atoms with Crippen molar-refractivity contribution in [3.63, 3.8) is 0 Å². The van der Waals surface area contributed by atoms with E-state index in [9.17, 15) is 4.79 Å². The molecule has 2 aromatic heterocycles. The lowest BCUT2D eigenvalue weighted by Crippen LogP contribution is -2.62. The van der Waals surface area contributed by atoms with E-state index in [0.717, 1.165) is 60.3 Å². The predicted octanol–water partition coefficient (Wildman–Crippen LogP) is 2.81. The lowest BCUT2D eigenvalue weighted by molar-refractivity contribution is -0.130. The molecular formula is C25H29ClN8O. The van der Waals surface area contributed by atoms with Crippen LogP contribution < -0.4 is 4.90 Å². The van der Waals surface area contributed by atoms with Gasteiger partial charge in [0.25, 0.3) is 0 Å². The van der Waals surface area contributed by atoms with Crippen molar-refractivity contribution in [2.45, 2.75) is 38.8 Å². The molecule has 1 saturated heterocycles. The SMILES string of the molecule is Cc1cncc(N2CC3(CC(c4nnc5n4-c4ccc(Cl)cc4CN(CC(=O)N(C)C)C5)C3)C2)n1. The number of fused-ring (bicyclic) bond motifs is 3. The number of carbonyl (C=O) groups is 1. The van der Waals surface area contributed by atoms with Crippen LogP contribution in [0.3, 0.4) is 0 Å². The monoisotopic (exact) mass is 492 g/mol. The summed E-state index contributed by atoms with van der Waals surface area (Å²) in [6.07, 6.45) is 5.82. The largest absolute Gasteiger partial charge is 0.354 e. The van der Waals surface area contributed by atoms with Gasteiger partial charge in [-0.1, -0.05) is 11.6 Å². The van der Waals surface area contributed by atoms with E-state index in [0.29, 0.717) is 36.0 Å². The first kappa shape index (κ1) is 22.4. The Morgan fingerprint density at radius 3 is 2.71 bits per heavy atom. The fourth-order valence-corrected chi connectivity index (χ4v) is 5.95. The molecule has 0 N–H and O–H groups in total. The summed E-state index contributed by atoms with van der Waals surface area (Å²) in [6.45, 7) is 5.52. The molecule has 35 heavy (non-hydrogen) atoms. The molecule has 0 unspecified atom stereocenters. The van der Waals surface area contributed by atoms with Crippen molar-refractivity contribution in [1.82, 2.24) is 34.5 Å². The third kappa shape index (κ3) is 3.96. The zero-order valence-corrected chi connectivity index (χ0v) is 21.0. The second kappa shape index (κ2) is 8.27. The Bertz CT molecular complexity index is 1290. The Morgan fingerprint density at radius 1 is 1.17 bits per heavy atom. The minimum absolute atomic E-state index is 0.0653. The summed E-state index contributed by atoms with van der Waals surface area (Å²) in [5.74, 6) is 3.28. The number of halogens is 1. The van der Waals surface area contributed by atoms with Crippen molar-refractivity contribution in [2.24, 2.45) is 5.41 Å². The van der Waals surface area contributed by atoms with E-state index in [-0.39, 0.29) is 5.91 Å². The summed E-state index contributed by atoms with van der Waals surface area (Å²) < 4.78 is 2.21. The van der Waals surface area contributed by atoms with Gasteiger partial charge >= 0.3 is 0 Å². The van der Waals surface area contributed by atoms with Crippen LogP contribution in [0.4, 0.5) is 5.82 Å². The van der Waals surface area contributed by atoms with E-state index in [1.165, 1.54) is 0 Å². The number of nitrogens with zero attached hydrogens (tertiary/aromatic N) is 8. The van der Waals surface area contributed by atoms with Gasteiger partial charge in [-0.25, -0.2) is 4.98 Å². The van der Waals surface area contributed by atoms with Gasteiger partial charge in [-0.2, -0.15) is 0 Å². The molecular weight excluding hydrogens is 464 g/mol. The minimum atomic E-state index is 0.0653. The smallest absolute Gasteiger partial charge is 0.236 e. The number of amides is 1. The topological polar surface area (TPSA) is 83.3 Å². The molecule has 182 valence electrons. The second-order valence-corrected chi connectivity index (χ2v) is 10.9. The molecule has 2 aliphatic heterocycles. The van der Waals surface area contributed by atoms with Gasteiger partial charge in [0.2, 0.25) is 5.91 Å². The van der Waals surface area contributed by atoms with Gasteiger partial charge in [0, 0.05) is 56.3 Å². The van der Waals surface area contributed by atoms with Crippen LogP contribution in [0.5, 0.6) is 0 Å². The van der Waals surface area contributed by atoms with Crippen molar-refractivity contribution in [3.05, 3.63) is 58.5 Å². The van der Waals surface area contributed by atoms with E-state index < -0.39 is 0 Å². The van der Waals surface area contributed by atoms with Gasteiger partial charge in [-0.15, -0.1) is 10.2 Å². The molecule has 9 nitrogen and oxygen atoms in total. The van der Waals surface area contributed by atoms with Crippen LogP contribution in [0.2, 0.25) is 5.02 Å². The van der Waals surface area contributed by atoms with Gasteiger partial charge in [0.05, 0.1) is 30.7 Å². The second-order valence-electron chi connectivity index (χ2n) is 10.5. The summed E-state index contributed by atoms with van der Waals surface area (Å²) in [6, 6.07) is 5.97. The van der Waals surface area contributed by atoms with Crippen molar-refractivity contribution < 1.29 is 4.79 Å². The number of benzene rings is 1. The molecule has 4 heterocycles. The highest BCUT2D eigenvalue weighted by atomic mass is 35.5. The Morgan fingerprint density at radius 2 is 1.97 bits per heavy atom. The zero-order chi connectivity index (χ0) is 24.3. The number of hydrogen-bond acceptors (Lipinski definition) is 7. The standard InChI is InChI=1S/C25H29ClN8O/c1-16-9-27-10-21(28-16)33-14-25(15-33)7-18(8-25)24-30-29-22-12-32(13-23(35)31(2)3)11-17-6-19(26)4-5-20(17)34(22)24/h4-6,9-10,18H,7-8,11-15H2,1-3H3. The maximum Gasteiger partial charge on any atom is 0.236 e. The zero-order valence-electron chi connectivity index (χ0n) is 20.3. The highest BCUT2D eigenvalue weighted by Gasteiger charge is 2.54. The van der Waals surface area contributed by atoms with Crippen molar-refractivity contribution in [1.29, 1.82) is 0 Å². The van der Waals surface area contributed by atoms with Crippen LogP contribution in [0, 0.1) is 12.3 Å². The molecule has 1 amide bonds. The third-order valence-corrected chi connectivity index (χ3v) is 7.73. The van der Waals surface area contributed by atoms with Crippen molar-refractivity contribution in [2.75, 3.05) is 38.6 Å². The molecule has 0 bridgehead atoms. The molecule has 3 aliphatic rings. The van der Waals surface area contributed by atoms with Crippen LogP contribution in [0.25, 0.3) is 5.69 Å². The number of aryl methyl sites for hydroxylation is 1. The fourth-order valence-electron chi connectivity index (χ4n) is 5.75. The van der Waals surface area contributed by atoms with Gasteiger partial charge in [0.15, 0.2) is 5.82 Å². The summed E-state index contributed by atoms with van der Waals surface area (Å²) in [5.41, 5.74) is 3.42. The van der Waals surface area contributed by atoms with Gasteiger partial charge in [-0.3, -0.25) is 19.2 Å². The van der Waals surface area contributed by atoms with Crippen molar-refractivity contribution >= 4 is 23.3 Å². The average molecular weight is 493 g/mol. The maximum absolute atomic E-state index is 12.4. The number of rotatable bonds is 4.